The molecule has 0 spiro atoms. The van der Waals surface area contributed by atoms with Crippen molar-refractivity contribution < 1.29 is 14.3 Å². The number of amides is 1. The Morgan fingerprint density at radius 3 is 2.90 bits per heavy atom. The number of benzene rings is 1. The van der Waals surface area contributed by atoms with Crippen molar-refractivity contribution in [2.45, 2.75) is 25.9 Å². The van der Waals surface area contributed by atoms with Crippen LogP contribution in [-0.2, 0) is 20.7 Å². The largest absolute Gasteiger partial charge is 0.384 e. The van der Waals surface area contributed by atoms with E-state index in [0.29, 0.717) is 26.3 Å². The molecule has 0 aliphatic carbocycles. The summed E-state index contributed by atoms with van der Waals surface area (Å²) in [6.45, 7) is 4.41. The standard InChI is InChI=1S/C17H25NO3/c1-14(13-20-2)17(19)18-10-11-21-16(12-18)9-8-15-6-4-3-5-7-15/h3-7,14,16H,8-13H2,1-2H3/t14-,16-/m1/s1. The van der Waals surface area contributed by atoms with Crippen molar-refractivity contribution in [1.82, 2.24) is 4.90 Å². The lowest BCUT2D eigenvalue weighted by atomic mass is 10.0. The average molecular weight is 291 g/mol. The van der Waals surface area contributed by atoms with Crippen molar-refractivity contribution in [3.8, 4) is 0 Å². The van der Waals surface area contributed by atoms with Crippen LogP contribution in [0.2, 0.25) is 0 Å². The predicted octanol–water partition coefficient (Wildman–Crippen LogP) is 2.13. The Balaban J connectivity index is 1.82. The van der Waals surface area contributed by atoms with Gasteiger partial charge >= 0.3 is 0 Å². The van der Waals surface area contributed by atoms with Crippen LogP contribution in [0, 0.1) is 5.92 Å². The van der Waals surface area contributed by atoms with Crippen LogP contribution in [0.15, 0.2) is 30.3 Å². The molecule has 116 valence electrons. The second kappa shape index (κ2) is 8.15. The third-order valence-electron chi connectivity index (χ3n) is 3.89. The monoisotopic (exact) mass is 291 g/mol. The van der Waals surface area contributed by atoms with Crippen molar-refractivity contribution in [2.75, 3.05) is 33.4 Å². The number of nitrogens with zero attached hydrogens (tertiary/aromatic N) is 1. The van der Waals surface area contributed by atoms with Crippen LogP contribution in [0.1, 0.15) is 18.9 Å². The maximum atomic E-state index is 12.3. The lowest BCUT2D eigenvalue weighted by Gasteiger charge is -2.34. The molecule has 0 N–H and O–H groups in total. The van der Waals surface area contributed by atoms with Crippen LogP contribution in [0.5, 0.6) is 0 Å². The van der Waals surface area contributed by atoms with Gasteiger partial charge in [-0.1, -0.05) is 37.3 Å². The number of morpholine rings is 1. The summed E-state index contributed by atoms with van der Waals surface area (Å²) in [5, 5.41) is 0. The quantitative estimate of drug-likeness (QED) is 0.806. The minimum Gasteiger partial charge on any atom is -0.384 e. The first-order valence-electron chi connectivity index (χ1n) is 7.64. The lowest BCUT2D eigenvalue weighted by molar-refractivity contribution is -0.144. The summed E-state index contributed by atoms with van der Waals surface area (Å²) in [5.41, 5.74) is 1.32. The molecule has 0 bridgehead atoms. The molecule has 1 aliphatic rings. The Morgan fingerprint density at radius 2 is 2.19 bits per heavy atom. The second-order valence-electron chi connectivity index (χ2n) is 5.66. The summed E-state index contributed by atoms with van der Waals surface area (Å²) >= 11 is 0. The zero-order valence-electron chi connectivity index (χ0n) is 13.0. The number of hydrogen-bond donors (Lipinski definition) is 0. The smallest absolute Gasteiger partial charge is 0.227 e. The van der Waals surface area contributed by atoms with E-state index in [1.807, 2.05) is 17.9 Å². The van der Waals surface area contributed by atoms with E-state index in [9.17, 15) is 4.79 Å². The normalized spacial score (nSPS) is 20.3. The number of ether oxygens (including phenoxy) is 2. The number of carbonyl (C=O) groups excluding carboxylic acids is 1. The van der Waals surface area contributed by atoms with Crippen LogP contribution in [0.4, 0.5) is 0 Å². The highest BCUT2D eigenvalue weighted by Gasteiger charge is 2.26. The number of rotatable bonds is 6. The van der Waals surface area contributed by atoms with E-state index < -0.39 is 0 Å². The lowest BCUT2D eigenvalue weighted by Crippen LogP contribution is -2.48. The Bertz CT molecular complexity index is 435. The first-order chi connectivity index (χ1) is 10.2. The van der Waals surface area contributed by atoms with Gasteiger partial charge in [-0.15, -0.1) is 0 Å². The molecule has 1 aromatic carbocycles. The van der Waals surface area contributed by atoms with Crippen LogP contribution < -0.4 is 0 Å². The molecule has 1 aliphatic heterocycles. The third kappa shape index (κ3) is 4.83. The average Bonchev–Trinajstić information content (AvgIpc) is 2.54. The van der Waals surface area contributed by atoms with E-state index >= 15 is 0 Å². The summed E-state index contributed by atoms with van der Waals surface area (Å²) in [5.74, 6) is 0.0905. The predicted molar refractivity (Wildman–Crippen MR) is 82.1 cm³/mol. The molecule has 4 heteroatoms. The van der Waals surface area contributed by atoms with E-state index in [1.165, 1.54) is 5.56 Å². The molecule has 0 unspecified atom stereocenters. The molecule has 1 fully saturated rings. The summed E-state index contributed by atoms with van der Waals surface area (Å²) in [6.07, 6.45) is 2.07. The highest BCUT2D eigenvalue weighted by Crippen LogP contribution is 2.14. The first-order valence-corrected chi connectivity index (χ1v) is 7.64. The van der Waals surface area contributed by atoms with Crippen molar-refractivity contribution in [3.63, 3.8) is 0 Å². The summed E-state index contributed by atoms with van der Waals surface area (Å²) in [4.78, 5) is 14.2. The Kier molecular flexibility index (Phi) is 6.21. The van der Waals surface area contributed by atoms with Crippen molar-refractivity contribution in [3.05, 3.63) is 35.9 Å². The van der Waals surface area contributed by atoms with Crippen LogP contribution in [-0.4, -0.2) is 50.3 Å². The maximum Gasteiger partial charge on any atom is 0.227 e. The molecular weight excluding hydrogens is 266 g/mol. The topological polar surface area (TPSA) is 38.8 Å². The van der Waals surface area contributed by atoms with E-state index in [1.54, 1.807) is 7.11 Å². The van der Waals surface area contributed by atoms with Gasteiger partial charge in [-0.25, -0.2) is 0 Å². The van der Waals surface area contributed by atoms with Crippen LogP contribution in [0.3, 0.4) is 0 Å². The highest BCUT2D eigenvalue weighted by atomic mass is 16.5. The van der Waals surface area contributed by atoms with Gasteiger partial charge in [0.25, 0.3) is 0 Å². The number of methoxy groups -OCH3 is 1. The second-order valence-corrected chi connectivity index (χ2v) is 5.66. The fourth-order valence-corrected chi connectivity index (χ4v) is 2.70. The molecule has 0 aromatic heterocycles. The third-order valence-corrected chi connectivity index (χ3v) is 3.89. The SMILES string of the molecule is COC[C@@H](C)C(=O)N1CCO[C@H](CCc2ccccc2)C1. The van der Waals surface area contributed by atoms with Gasteiger partial charge in [0.05, 0.1) is 25.2 Å². The van der Waals surface area contributed by atoms with Gasteiger partial charge in [0.1, 0.15) is 0 Å². The Morgan fingerprint density at radius 1 is 1.43 bits per heavy atom. The van der Waals surface area contributed by atoms with Gasteiger partial charge < -0.3 is 14.4 Å². The molecule has 21 heavy (non-hydrogen) atoms. The van der Waals surface area contributed by atoms with E-state index in [-0.39, 0.29) is 17.9 Å². The minimum absolute atomic E-state index is 0.0807. The van der Waals surface area contributed by atoms with E-state index in [0.717, 1.165) is 12.8 Å². The fourth-order valence-electron chi connectivity index (χ4n) is 2.70. The zero-order valence-corrected chi connectivity index (χ0v) is 13.0. The molecule has 0 saturated carbocycles. The van der Waals surface area contributed by atoms with Crippen molar-refractivity contribution in [1.29, 1.82) is 0 Å². The van der Waals surface area contributed by atoms with Gasteiger partial charge in [-0.3, -0.25) is 4.79 Å². The number of aryl methyl sites for hydroxylation is 1. The molecule has 2 atom stereocenters. The molecule has 1 amide bonds. The molecule has 4 nitrogen and oxygen atoms in total. The van der Waals surface area contributed by atoms with Gasteiger partial charge in [-0.2, -0.15) is 0 Å². The number of hydrogen-bond acceptors (Lipinski definition) is 3. The summed E-state index contributed by atoms with van der Waals surface area (Å²) in [7, 11) is 1.63. The Labute approximate surface area is 127 Å². The van der Waals surface area contributed by atoms with Gasteiger partial charge in [0, 0.05) is 20.2 Å². The van der Waals surface area contributed by atoms with Gasteiger partial charge in [0.2, 0.25) is 5.91 Å². The summed E-state index contributed by atoms with van der Waals surface area (Å²) < 4.78 is 10.9. The Hall–Kier alpha value is -1.39. The molecular formula is C17H25NO3. The molecule has 2 rings (SSSR count). The minimum atomic E-state index is -0.0807. The molecule has 1 heterocycles. The highest BCUT2D eigenvalue weighted by molar-refractivity contribution is 5.78. The van der Waals surface area contributed by atoms with Gasteiger partial charge in [0.15, 0.2) is 0 Å². The maximum absolute atomic E-state index is 12.3. The molecule has 1 saturated heterocycles. The molecule has 0 radical (unpaired) electrons. The van der Waals surface area contributed by atoms with E-state index in [2.05, 4.69) is 24.3 Å². The van der Waals surface area contributed by atoms with Crippen molar-refractivity contribution >= 4 is 5.91 Å². The number of carbonyl (C=O) groups is 1. The first kappa shape index (κ1) is 16.0. The zero-order chi connectivity index (χ0) is 15.1. The van der Waals surface area contributed by atoms with Crippen LogP contribution in [0.25, 0.3) is 0 Å². The van der Waals surface area contributed by atoms with Gasteiger partial charge in [-0.05, 0) is 18.4 Å². The van der Waals surface area contributed by atoms with Crippen molar-refractivity contribution in [2.24, 2.45) is 5.92 Å². The van der Waals surface area contributed by atoms with Crippen LogP contribution >= 0.6 is 0 Å². The summed E-state index contributed by atoms with van der Waals surface area (Å²) in [6, 6.07) is 10.4. The molecule has 1 aromatic rings. The van der Waals surface area contributed by atoms with E-state index in [4.69, 9.17) is 9.47 Å². The fraction of sp³-hybridized carbons (Fsp3) is 0.588.